The van der Waals surface area contributed by atoms with Gasteiger partial charge in [0.1, 0.15) is 5.82 Å². The van der Waals surface area contributed by atoms with E-state index in [1.807, 2.05) is 0 Å². The summed E-state index contributed by atoms with van der Waals surface area (Å²) in [7, 11) is 4.24. The van der Waals surface area contributed by atoms with Crippen molar-refractivity contribution in [2.45, 2.75) is 12.8 Å². The molecule has 1 aliphatic rings. The van der Waals surface area contributed by atoms with Gasteiger partial charge in [0, 0.05) is 24.8 Å². The number of carbonyl (C=O) groups excluding carboxylic acids is 1. The van der Waals surface area contributed by atoms with Crippen molar-refractivity contribution >= 4 is 23.4 Å². The molecule has 1 aliphatic heterocycles. The molecule has 1 aromatic heterocycles. The first-order valence-corrected chi connectivity index (χ1v) is 8.27. The predicted octanol–water partition coefficient (Wildman–Crippen LogP) is 1.74. The van der Waals surface area contributed by atoms with Gasteiger partial charge in [0.2, 0.25) is 0 Å². The Labute approximate surface area is 154 Å². The molecule has 26 heavy (non-hydrogen) atoms. The van der Waals surface area contributed by atoms with Gasteiger partial charge in [-0.15, -0.1) is 0 Å². The molecular formula is C18H18ClN3O4. The second-order valence-corrected chi connectivity index (χ2v) is 6.49. The lowest BCUT2D eigenvalue weighted by Gasteiger charge is -2.31. The molecule has 0 amide bonds. The highest BCUT2D eigenvalue weighted by Crippen LogP contribution is 2.42. The fraction of sp³-hybridized carbons (Fsp3) is 0.278. The number of methoxy groups -OCH3 is 1. The first kappa shape index (κ1) is 18.0. The normalized spacial score (nSPS) is 16.1. The standard InChI is InChI=1S/C18H18ClN3O4/c1-9-12(17(24)26-4)13(10-7-5-6-8-11(10)19)14-15(20-9)21(2)18(25)22(3)16(14)23/h5-8,13,20H,1-4H3/t13-/m0/s1. The van der Waals surface area contributed by atoms with Crippen LogP contribution in [0.2, 0.25) is 5.02 Å². The van der Waals surface area contributed by atoms with Crippen molar-refractivity contribution in [3.63, 3.8) is 0 Å². The number of hydrogen-bond donors (Lipinski definition) is 1. The van der Waals surface area contributed by atoms with Gasteiger partial charge < -0.3 is 10.1 Å². The molecule has 0 radical (unpaired) electrons. The quantitative estimate of drug-likeness (QED) is 0.808. The largest absolute Gasteiger partial charge is 0.466 e. The molecule has 0 unspecified atom stereocenters. The summed E-state index contributed by atoms with van der Waals surface area (Å²) in [6, 6.07) is 6.98. The zero-order valence-electron chi connectivity index (χ0n) is 14.8. The third-order valence-electron chi connectivity index (χ3n) is 4.61. The van der Waals surface area contributed by atoms with Gasteiger partial charge in [-0.3, -0.25) is 13.9 Å². The number of nitrogens with zero attached hydrogens (tertiary/aromatic N) is 2. The number of hydrogen-bond acceptors (Lipinski definition) is 5. The number of aromatic nitrogens is 2. The topological polar surface area (TPSA) is 82.3 Å². The average molecular weight is 376 g/mol. The Bertz CT molecular complexity index is 1070. The summed E-state index contributed by atoms with van der Waals surface area (Å²) in [6.07, 6.45) is 0. The van der Waals surface area contributed by atoms with E-state index in [0.717, 1.165) is 4.57 Å². The van der Waals surface area contributed by atoms with Crippen molar-refractivity contribution in [1.82, 2.24) is 9.13 Å². The zero-order chi connectivity index (χ0) is 19.2. The second kappa shape index (κ2) is 6.49. The Morgan fingerprint density at radius 3 is 2.46 bits per heavy atom. The highest BCUT2D eigenvalue weighted by molar-refractivity contribution is 6.31. The first-order chi connectivity index (χ1) is 12.3. The average Bonchev–Trinajstić information content (AvgIpc) is 2.63. The van der Waals surface area contributed by atoms with Crippen LogP contribution in [0.25, 0.3) is 0 Å². The zero-order valence-corrected chi connectivity index (χ0v) is 15.5. The maximum absolute atomic E-state index is 12.9. The van der Waals surface area contributed by atoms with Crippen LogP contribution in [0.4, 0.5) is 5.82 Å². The summed E-state index contributed by atoms with van der Waals surface area (Å²) in [6.45, 7) is 1.70. The highest BCUT2D eigenvalue weighted by atomic mass is 35.5. The van der Waals surface area contributed by atoms with E-state index >= 15 is 0 Å². The van der Waals surface area contributed by atoms with Crippen molar-refractivity contribution in [2.24, 2.45) is 14.1 Å². The SMILES string of the molecule is COC(=O)C1=C(C)Nc2c(c(=O)n(C)c(=O)n2C)[C@H]1c1ccccc1Cl. The van der Waals surface area contributed by atoms with Gasteiger partial charge >= 0.3 is 11.7 Å². The Hall–Kier alpha value is -2.80. The summed E-state index contributed by atoms with van der Waals surface area (Å²) >= 11 is 6.38. The van der Waals surface area contributed by atoms with Crippen LogP contribution in [0.1, 0.15) is 24.0 Å². The number of halogens is 1. The Kier molecular flexibility index (Phi) is 4.50. The predicted molar refractivity (Wildman–Crippen MR) is 98.6 cm³/mol. The maximum Gasteiger partial charge on any atom is 0.336 e. The number of allylic oxidation sites excluding steroid dienone is 1. The molecule has 136 valence electrons. The van der Waals surface area contributed by atoms with E-state index in [2.05, 4.69) is 5.32 Å². The van der Waals surface area contributed by atoms with Crippen molar-refractivity contribution in [2.75, 3.05) is 12.4 Å². The number of ether oxygens (including phenoxy) is 1. The third kappa shape index (κ3) is 2.55. The lowest BCUT2D eigenvalue weighted by molar-refractivity contribution is -0.136. The number of benzene rings is 1. The molecule has 0 aliphatic carbocycles. The van der Waals surface area contributed by atoms with Crippen LogP contribution < -0.4 is 16.6 Å². The van der Waals surface area contributed by atoms with Crippen molar-refractivity contribution in [1.29, 1.82) is 0 Å². The molecule has 0 spiro atoms. The van der Waals surface area contributed by atoms with Crippen LogP contribution in [-0.4, -0.2) is 22.2 Å². The summed E-state index contributed by atoms with van der Waals surface area (Å²) in [5.41, 5.74) is 0.686. The molecule has 0 saturated carbocycles. The molecule has 1 aromatic carbocycles. The van der Waals surface area contributed by atoms with Gasteiger partial charge in [0.25, 0.3) is 5.56 Å². The van der Waals surface area contributed by atoms with Crippen LogP contribution in [0.5, 0.6) is 0 Å². The lowest BCUT2D eigenvalue weighted by atomic mass is 9.82. The number of rotatable bonds is 2. The number of anilines is 1. The molecule has 1 atom stereocenters. The van der Waals surface area contributed by atoms with E-state index in [-0.39, 0.29) is 11.1 Å². The summed E-state index contributed by atoms with van der Waals surface area (Å²) in [5, 5.41) is 3.42. The van der Waals surface area contributed by atoms with Gasteiger partial charge in [0.05, 0.1) is 24.2 Å². The minimum Gasteiger partial charge on any atom is -0.466 e. The van der Waals surface area contributed by atoms with Gasteiger partial charge in [-0.05, 0) is 18.6 Å². The van der Waals surface area contributed by atoms with Crippen LogP contribution in [-0.2, 0) is 23.6 Å². The smallest absolute Gasteiger partial charge is 0.336 e. The van der Waals surface area contributed by atoms with E-state index in [9.17, 15) is 14.4 Å². The monoisotopic (exact) mass is 375 g/mol. The van der Waals surface area contributed by atoms with Gasteiger partial charge in [-0.1, -0.05) is 29.8 Å². The maximum atomic E-state index is 12.9. The number of carbonyl (C=O) groups is 1. The molecule has 8 heteroatoms. The van der Waals surface area contributed by atoms with Crippen LogP contribution >= 0.6 is 11.6 Å². The first-order valence-electron chi connectivity index (χ1n) is 7.90. The van der Waals surface area contributed by atoms with Crippen LogP contribution in [0.15, 0.2) is 45.1 Å². The highest BCUT2D eigenvalue weighted by Gasteiger charge is 2.37. The fourth-order valence-corrected chi connectivity index (χ4v) is 3.53. The van der Waals surface area contributed by atoms with Gasteiger partial charge in [-0.25, -0.2) is 9.59 Å². The van der Waals surface area contributed by atoms with Crippen molar-refractivity contribution in [3.05, 3.63) is 72.5 Å². The molecule has 2 aromatic rings. The van der Waals surface area contributed by atoms with E-state index < -0.39 is 23.1 Å². The van der Waals surface area contributed by atoms with E-state index in [1.54, 1.807) is 38.2 Å². The lowest BCUT2D eigenvalue weighted by Crippen LogP contribution is -2.43. The van der Waals surface area contributed by atoms with Crippen LogP contribution in [0, 0.1) is 0 Å². The van der Waals surface area contributed by atoms with E-state index in [0.29, 0.717) is 22.1 Å². The Morgan fingerprint density at radius 2 is 1.85 bits per heavy atom. The van der Waals surface area contributed by atoms with Gasteiger partial charge in [0.15, 0.2) is 0 Å². The van der Waals surface area contributed by atoms with E-state index in [4.69, 9.17) is 16.3 Å². The van der Waals surface area contributed by atoms with Crippen molar-refractivity contribution in [3.8, 4) is 0 Å². The molecule has 2 heterocycles. The Balaban J connectivity index is 2.46. The summed E-state index contributed by atoms with van der Waals surface area (Å²) in [5.74, 6) is -0.979. The summed E-state index contributed by atoms with van der Waals surface area (Å²) in [4.78, 5) is 37.7. The molecular weight excluding hydrogens is 358 g/mol. The number of fused-ring (bicyclic) bond motifs is 1. The Morgan fingerprint density at radius 1 is 1.19 bits per heavy atom. The molecule has 0 fully saturated rings. The molecule has 7 nitrogen and oxygen atoms in total. The minimum atomic E-state index is -0.752. The fourth-order valence-electron chi connectivity index (χ4n) is 3.29. The van der Waals surface area contributed by atoms with Crippen molar-refractivity contribution < 1.29 is 9.53 Å². The molecule has 1 N–H and O–H groups in total. The summed E-state index contributed by atoms with van der Waals surface area (Å²) < 4.78 is 7.29. The molecule has 3 rings (SSSR count). The number of nitrogens with one attached hydrogen (secondary N) is 1. The second-order valence-electron chi connectivity index (χ2n) is 6.08. The number of esters is 1. The van der Waals surface area contributed by atoms with E-state index in [1.165, 1.54) is 18.7 Å². The van der Waals surface area contributed by atoms with Gasteiger partial charge in [-0.2, -0.15) is 0 Å². The third-order valence-corrected chi connectivity index (χ3v) is 4.95. The minimum absolute atomic E-state index is 0.272. The molecule has 0 bridgehead atoms. The van der Waals surface area contributed by atoms with Crippen LogP contribution in [0.3, 0.4) is 0 Å². The molecule has 0 saturated heterocycles.